The van der Waals surface area contributed by atoms with Crippen molar-refractivity contribution in [1.29, 1.82) is 0 Å². The number of hydrogen-bond donors (Lipinski definition) is 1. The van der Waals surface area contributed by atoms with E-state index in [1.165, 1.54) is 13.2 Å². The van der Waals surface area contributed by atoms with Gasteiger partial charge >= 0.3 is 5.97 Å². The Bertz CT molecular complexity index is 733. The van der Waals surface area contributed by atoms with E-state index in [9.17, 15) is 14.7 Å². The van der Waals surface area contributed by atoms with Gasteiger partial charge in [0.15, 0.2) is 5.76 Å². The highest BCUT2D eigenvalue weighted by atomic mass is 79.9. The van der Waals surface area contributed by atoms with Crippen molar-refractivity contribution in [3.05, 3.63) is 62.1 Å². The highest BCUT2D eigenvalue weighted by Crippen LogP contribution is 2.33. The third-order valence-electron chi connectivity index (χ3n) is 3.26. The molecule has 5 nitrogen and oxygen atoms in total. The summed E-state index contributed by atoms with van der Waals surface area (Å²) in [6.07, 6.45) is -0.0436. The van der Waals surface area contributed by atoms with Gasteiger partial charge in [-0.3, -0.25) is 9.59 Å². The SMILES string of the molecule is COC(=O)C[C@H](c1ccc(Br)cc1)c1oc(C)cc(=O)c1O. The van der Waals surface area contributed by atoms with Crippen molar-refractivity contribution in [2.45, 2.75) is 19.3 Å². The molecule has 22 heavy (non-hydrogen) atoms. The Kier molecular flexibility index (Phi) is 5.03. The molecule has 0 saturated heterocycles. The van der Waals surface area contributed by atoms with Crippen LogP contribution in [0.2, 0.25) is 0 Å². The molecule has 1 N–H and O–H groups in total. The summed E-state index contributed by atoms with van der Waals surface area (Å²) in [7, 11) is 1.28. The molecule has 0 fully saturated rings. The fourth-order valence-corrected chi connectivity index (χ4v) is 2.43. The van der Waals surface area contributed by atoms with Crippen molar-refractivity contribution in [3.63, 3.8) is 0 Å². The Labute approximate surface area is 135 Å². The fraction of sp³-hybridized carbons (Fsp3) is 0.250. The zero-order valence-corrected chi connectivity index (χ0v) is 13.7. The molecule has 0 aliphatic rings. The largest absolute Gasteiger partial charge is 0.502 e. The van der Waals surface area contributed by atoms with Gasteiger partial charge in [0.2, 0.25) is 11.2 Å². The van der Waals surface area contributed by atoms with Gasteiger partial charge in [0.1, 0.15) is 5.76 Å². The molecule has 1 aromatic heterocycles. The molecule has 116 valence electrons. The molecule has 2 rings (SSSR count). The van der Waals surface area contributed by atoms with Crippen molar-refractivity contribution in [2.75, 3.05) is 7.11 Å². The molecule has 0 radical (unpaired) electrons. The molecule has 0 saturated carbocycles. The Hall–Kier alpha value is -2.08. The standard InChI is InChI=1S/C16H15BrO5/c1-9-7-13(18)15(20)16(22-9)12(8-14(19)21-2)10-3-5-11(17)6-4-10/h3-7,12,20H,8H2,1-2H3/t12-/m1/s1. The van der Waals surface area contributed by atoms with Crippen LogP contribution in [0.1, 0.15) is 29.4 Å². The average molecular weight is 367 g/mol. The molecule has 1 atom stereocenters. The lowest BCUT2D eigenvalue weighted by Crippen LogP contribution is -2.13. The van der Waals surface area contributed by atoms with Crippen LogP contribution in [0.15, 0.2) is 44.0 Å². The normalized spacial score (nSPS) is 12.0. The minimum absolute atomic E-state index is 0.0436. The van der Waals surface area contributed by atoms with Gasteiger partial charge in [0.25, 0.3) is 0 Å². The third-order valence-corrected chi connectivity index (χ3v) is 3.79. The summed E-state index contributed by atoms with van der Waals surface area (Å²) in [6, 6.07) is 8.41. The second kappa shape index (κ2) is 6.79. The number of aromatic hydroxyl groups is 1. The van der Waals surface area contributed by atoms with Gasteiger partial charge in [-0.25, -0.2) is 0 Å². The maximum Gasteiger partial charge on any atom is 0.306 e. The number of benzene rings is 1. The molecule has 1 heterocycles. The lowest BCUT2D eigenvalue weighted by molar-refractivity contribution is -0.140. The number of aryl methyl sites for hydroxylation is 1. The molecular formula is C16H15BrO5. The first-order valence-electron chi connectivity index (χ1n) is 6.58. The van der Waals surface area contributed by atoms with E-state index in [1.807, 2.05) is 12.1 Å². The van der Waals surface area contributed by atoms with E-state index >= 15 is 0 Å². The molecule has 0 aliphatic carbocycles. The van der Waals surface area contributed by atoms with Crippen LogP contribution < -0.4 is 5.43 Å². The number of rotatable bonds is 4. The highest BCUT2D eigenvalue weighted by molar-refractivity contribution is 9.10. The smallest absolute Gasteiger partial charge is 0.306 e. The van der Waals surface area contributed by atoms with Crippen molar-refractivity contribution in [3.8, 4) is 5.75 Å². The first kappa shape index (κ1) is 16.3. The minimum Gasteiger partial charge on any atom is -0.502 e. The van der Waals surface area contributed by atoms with E-state index in [0.29, 0.717) is 5.76 Å². The maximum absolute atomic E-state index is 11.8. The lowest BCUT2D eigenvalue weighted by Gasteiger charge is -2.17. The molecule has 0 aliphatic heterocycles. The number of hydrogen-bond acceptors (Lipinski definition) is 5. The second-order valence-electron chi connectivity index (χ2n) is 4.82. The first-order chi connectivity index (χ1) is 10.4. The van der Waals surface area contributed by atoms with Crippen LogP contribution in [-0.4, -0.2) is 18.2 Å². The van der Waals surface area contributed by atoms with E-state index < -0.39 is 23.1 Å². The molecule has 1 aromatic carbocycles. The van der Waals surface area contributed by atoms with Crippen LogP contribution in [0.4, 0.5) is 0 Å². The Balaban J connectivity index is 2.56. The molecule has 0 spiro atoms. The second-order valence-corrected chi connectivity index (χ2v) is 5.73. The molecular weight excluding hydrogens is 352 g/mol. The van der Waals surface area contributed by atoms with Gasteiger partial charge in [-0.2, -0.15) is 0 Å². The summed E-state index contributed by atoms with van der Waals surface area (Å²) >= 11 is 3.34. The molecule has 0 unspecified atom stereocenters. The van der Waals surface area contributed by atoms with Gasteiger partial charge in [0.05, 0.1) is 19.4 Å². The number of carbonyl (C=O) groups excluding carboxylic acids is 1. The molecule has 0 amide bonds. The maximum atomic E-state index is 11.8. The van der Waals surface area contributed by atoms with Gasteiger partial charge in [-0.15, -0.1) is 0 Å². The van der Waals surface area contributed by atoms with Crippen LogP contribution in [0, 0.1) is 6.92 Å². The van der Waals surface area contributed by atoms with Gasteiger partial charge < -0.3 is 14.3 Å². The van der Waals surface area contributed by atoms with Crippen molar-refractivity contribution in [1.82, 2.24) is 0 Å². The van der Waals surface area contributed by atoms with E-state index in [1.54, 1.807) is 19.1 Å². The van der Waals surface area contributed by atoms with Crippen LogP contribution in [0.5, 0.6) is 5.75 Å². The van der Waals surface area contributed by atoms with Crippen molar-refractivity contribution in [2.24, 2.45) is 0 Å². The summed E-state index contributed by atoms with van der Waals surface area (Å²) in [5.74, 6) is -1.12. The van der Waals surface area contributed by atoms with E-state index in [-0.39, 0.29) is 12.2 Å². The van der Waals surface area contributed by atoms with Gasteiger partial charge in [-0.05, 0) is 24.6 Å². The fourth-order valence-electron chi connectivity index (χ4n) is 2.17. The summed E-state index contributed by atoms with van der Waals surface area (Å²) in [6.45, 7) is 1.61. The van der Waals surface area contributed by atoms with E-state index in [4.69, 9.17) is 9.15 Å². The Morgan fingerprint density at radius 2 is 2.00 bits per heavy atom. The Morgan fingerprint density at radius 1 is 1.36 bits per heavy atom. The quantitative estimate of drug-likeness (QED) is 0.841. The van der Waals surface area contributed by atoms with Crippen LogP contribution in [-0.2, 0) is 9.53 Å². The highest BCUT2D eigenvalue weighted by Gasteiger charge is 2.26. The number of methoxy groups -OCH3 is 1. The van der Waals surface area contributed by atoms with E-state index in [2.05, 4.69) is 15.9 Å². The number of carbonyl (C=O) groups is 1. The summed E-state index contributed by atoms with van der Waals surface area (Å²) in [5, 5.41) is 10.0. The minimum atomic E-state index is -0.604. The monoisotopic (exact) mass is 366 g/mol. The average Bonchev–Trinajstić information content (AvgIpc) is 2.49. The predicted octanol–water partition coefficient (Wildman–Crippen LogP) is 3.11. The van der Waals surface area contributed by atoms with Gasteiger partial charge in [-0.1, -0.05) is 28.1 Å². The number of halogens is 1. The summed E-state index contributed by atoms with van der Waals surface area (Å²) < 4.78 is 11.1. The van der Waals surface area contributed by atoms with Gasteiger partial charge in [0, 0.05) is 10.5 Å². The summed E-state index contributed by atoms with van der Waals surface area (Å²) in [4.78, 5) is 23.5. The van der Waals surface area contributed by atoms with Crippen molar-refractivity contribution >= 4 is 21.9 Å². The van der Waals surface area contributed by atoms with E-state index in [0.717, 1.165) is 10.0 Å². The topological polar surface area (TPSA) is 76.7 Å². The van der Waals surface area contributed by atoms with Crippen molar-refractivity contribution < 1.29 is 19.1 Å². The first-order valence-corrected chi connectivity index (χ1v) is 7.37. The summed E-state index contributed by atoms with van der Waals surface area (Å²) in [5.41, 5.74) is 0.198. The predicted molar refractivity (Wildman–Crippen MR) is 84.0 cm³/mol. The number of ether oxygens (including phenoxy) is 1. The number of esters is 1. The zero-order valence-electron chi connectivity index (χ0n) is 12.1. The Morgan fingerprint density at radius 3 is 2.59 bits per heavy atom. The third kappa shape index (κ3) is 3.57. The van der Waals surface area contributed by atoms with Crippen LogP contribution in [0.25, 0.3) is 0 Å². The van der Waals surface area contributed by atoms with Crippen LogP contribution >= 0.6 is 15.9 Å². The van der Waals surface area contributed by atoms with Crippen LogP contribution in [0.3, 0.4) is 0 Å². The lowest BCUT2D eigenvalue weighted by atomic mass is 9.92. The zero-order chi connectivity index (χ0) is 16.3. The molecule has 2 aromatic rings. The molecule has 6 heteroatoms. The molecule has 0 bridgehead atoms.